The first-order chi connectivity index (χ1) is 7.22. The maximum atomic E-state index is 11.9. The molecule has 3 heteroatoms. The van der Waals surface area contributed by atoms with Crippen molar-refractivity contribution in [1.82, 2.24) is 9.78 Å². The quantitative estimate of drug-likeness (QED) is 0.747. The lowest BCUT2D eigenvalue weighted by Crippen LogP contribution is -2.22. The normalized spacial score (nSPS) is 10.8. The first-order valence-electron chi connectivity index (χ1n) is 5.19. The van der Waals surface area contributed by atoms with Crippen LogP contribution in [0, 0.1) is 6.92 Å². The van der Waals surface area contributed by atoms with Crippen LogP contribution in [0.1, 0.15) is 18.9 Å². The van der Waals surface area contributed by atoms with Crippen LogP contribution in [0.2, 0.25) is 0 Å². The van der Waals surface area contributed by atoms with Gasteiger partial charge in [-0.05, 0) is 25.5 Å². The van der Waals surface area contributed by atoms with E-state index in [1.165, 1.54) is 4.68 Å². The van der Waals surface area contributed by atoms with E-state index in [1.807, 2.05) is 32.0 Å². The Kier molecular flexibility index (Phi) is 2.54. The predicted octanol–water partition coefficient (Wildman–Crippen LogP) is 2.11. The maximum Gasteiger partial charge on any atom is 0.274 e. The molecule has 0 amide bonds. The number of fused-ring (bicyclic) bond motifs is 1. The molecule has 0 atom stereocenters. The van der Waals surface area contributed by atoms with Gasteiger partial charge < -0.3 is 0 Å². The molecule has 0 aliphatic rings. The van der Waals surface area contributed by atoms with E-state index in [1.54, 1.807) is 6.20 Å². The highest BCUT2D eigenvalue weighted by Gasteiger charge is 2.02. The minimum absolute atomic E-state index is 0.00866. The van der Waals surface area contributed by atoms with E-state index in [-0.39, 0.29) is 5.56 Å². The number of hydrogen-bond donors (Lipinski definition) is 0. The molecule has 0 fully saturated rings. The molecule has 0 N–H and O–H groups in total. The molecule has 15 heavy (non-hydrogen) atoms. The molecule has 0 unspecified atom stereocenters. The van der Waals surface area contributed by atoms with Gasteiger partial charge in [0.15, 0.2) is 0 Å². The minimum Gasteiger partial charge on any atom is -0.267 e. The van der Waals surface area contributed by atoms with Crippen LogP contribution in [-0.4, -0.2) is 9.78 Å². The Morgan fingerprint density at radius 2 is 2.20 bits per heavy atom. The van der Waals surface area contributed by atoms with Gasteiger partial charge >= 0.3 is 0 Å². The van der Waals surface area contributed by atoms with Gasteiger partial charge in [-0.3, -0.25) is 4.79 Å². The molecule has 2 aromatic rings. The summed E-state index contributed by atoms with van der Waals surface area (Å²) in [5.41, 5.74) is 1.16. The van der Waals surface area contributed by atoms with Crippen molar-refractivity contribution in [2.75, 3.05) is 0 Å². The first-order valence-corrected chi connectivity index (χ1v) is 5.19. The smallest absolute Gasteiger partial charge is 0.267 e. The van der Waals surface area contributed by atoms with Crippen molar-refractivity contribution >= 4 is 10.8 Å². The highest BCUT2D eigenvalue weighted by Crippen LogP contribution is 2.10. The summed E-state index contributed by atoms with van der Waals surface area (Å²) in [5, 5.41) is 5.82. The average molecular weight is 202 g/mol. The van der Waals surface area contributed by atoms with E-state index in [2.05, 4.69) is 5.10 Å². The molecular formula is C12H14N2O. The molecular weight excluding hydrogens is 188 g/mol. The molecule has 2 rings (SSSR count). The Bertz CT molecular complexity index is 543. The van der Waals surface area contributed by atoms with Crippen LogP contribution in [0.4, 0.5) is 0 Å². The van der Waals surface area contributed by atoms with Gasteiger partial charge in [0.1, 0.15) is 0 Å². The summed E-state index contributed by atoms with van der Waals surface area (Å²) in [7, 11) is 0. The Morgan fingerprint density at radius 3 is 2.93 bits per heavy atom. The fourth-order valence-corrected chi connectivity index (χ4v) is 1.68. The summed E-state index contributed by atoms with van der Waals surface area (Å²) in [6.07, 6.45) is 2.68. The van der Waals surface area contributed by atoms with Crippen LogP contribution in [0.3, 0.4) is 0 Å². The Labute approximate surface area is 88.4 Å². The number of aryl methyl sites for hydroxylation is 2. The summed E-state index contributed by atoms with van der Waals surface area (Å²) in [6, 6.07) is 5.82. The van der Waals surface area contributed by atoms with Crippen molar-refractivity contribution < 1.29 is 0 Å². The van der Waals surface area contributed by atoms with Crippen LogP contribution >= 0.6 is 0 Å². The maximum absolute atomic E-state index is 11.9. The van der Waals surface area contributed by atoms with E-state index >= 15 is 0 Å². The summed E-state index contributed by atoms with van der Waals surface area (Å²) in [4.78, 5) is 11.9. The molecule has 1 aromatic heterocycles. The van der Waals surface area contributed by atoms with Crippen LogP contribution in [-0.2, 0) is 6.54 Å². The van der Waals surface area contributed by atoms with Crippen molar-refractivity contribution in [1.29, 1.82) is 0 Å². The number of aromatic nitrogens is 2. The molecule has 0 saturated carbocycles. The topological polar surface area (TPSA) is 34.9 Å². The van der Waals surface area contributed by atoms with Gasteiger partial charge in [-0.25, -0.2) is 4.68 Å². The lowest BCUT2D eigenvalue weighted by molar-refractivity contribution is 0.574. The molecule has 1 aromatic carbocycles. The number of benzene rings is 1. The summed E-state index contributed by atoms with van der Waals surface area (Å²) in [5.74, 6) is 0. The third kappa shape index (κ3) is 1.77. The molecule has 0 aliphatic carbocycles. The van der Waals surface area contributed by atoms with E-state index in [0.29, 0.717) is 6.54 Å². The van der Waals surface area contributed by atoms with Crippen LogP contribution in [0.25, 0.3) is 10.8 Å². The second-order valence-electron chi connectivity index (χ2n) is 3.76. The van der Waals surface area contributed by atoms with Gasteiger partial charge in [-0.1, -0.05) is 18.6 Å². The monoisotopic (exact) mass is 202 g/mol. The van der Waals surface area contributed by atoms with Crippen LogP contribution in [0.5, 0.6) is 0 Å². The second kappa shape index (κ2) is 3.85. The zero-order chi connectivity index (χ0) is 10.8. The fourth-order valence-electron chi connectivity index (χ4n) is 1.68. The van der Waals surface area contributed by atoms with Crippen molar-refractivity contribution in [2.24, 2.45) is 0 Å². The molecule has 0 saturated heterocycles. The van der Waals surface area contributed by atoms with Crippen molar-refractivity contribution in [3.8, 4) is 0 Å². The first kappa shape index (κ1) is 9.90. The molecule has 3 nitrogen and oxygen atoms in total. The van der Waals surface area contributed by atoms with Gasteiger partial charge in [-0.15, -0.1) is 0 Å². The highest BCUT2D eigenvalue weighted by molar-refractivity contribution is 5.81. The van der Waals surface area contributed by atoms with E-state index in [0.717, 1.165) is 22.8 Å². The zero-order valence-electron chi connectivity index (χ0n) is 9.03. The minimum atomic E-state index is 0.00866. The van der Waals surface area contributed by atoms with Gasteiger partial charge in [-0.2, -0.15) is 5.10 Å². The molecule has 78 valence electrons. The average Bonchev–Trinajstić information content (AvgIpc) is 2.22. The van der Waals surface area contributed by atoms with Gasteiger partial charge in [0.2, 0.25) is 0 Å². The number of nitrogens with zero attached hydrogens (tertiary/aromatic N) is 2. The SMILES string of the molecule is CCCn1ncc2cc(C)ccc2c1=O. The molecule has 0 aliphatic heterocycles. The van der Waals surface area contributed by atoms with Gasteiger partial charge in [0.05, 0.1) is 11.6 Å². The van der Waals surface area contributed by atoms with Crippen molar-refractivity contribution in [2.45, 2.75) is 26.8 Å². The van der Waals surface area contributed by atoms with Crippen molar-refractivity contribution in [3.63, 3.8) is 0 Å². The standard InChI is InChI=1S/C12H14N2O/c1-3-6-14-12(15)11-5-4-9(2)7-10(11)8-13-14/h4-5,7-8H,3,6H2,1-2H3. The fraction of sp³-hybridized carbons (Fsp3) is 0.333. The summed E-state index contributed by atoms with van der Waals surface area (Å²) in [6.45, 7) is 4.73. The van der Waals surface area contributed by atoms with Crippen LogP contribution in [0.15, 0.2) is 29.2 Å². The molecule has 0 spiro atoms. The van der Waals surface area contributed by atoms with E-state index in [9.17, 15) is 4.79 Å². The van der Waals surface area contributed by atoms with Gasteiger partial charge in [0.25, 0.3) is 5.56 Å². The third-order valence-electron chi connectivity index (χ3n) is 2.44. The second-order valence-corrected chi connectivity index (χ2v) is 3.76. The van der Waals surface area contributed by atoms with E-state index < -0.39 is 0 Å². The lowest BCUT2D eigenvalue weighted by atomic mass is 10.1. The molecule has 1 heterocycles. The Hall–Kier alpha value is -1.64. The zero-order valence-corrected chi connectivity index (χ0v) is 9.03. The largest absolute Gasteiger partial charge is 0.274 e. The third-order valence-corrected chi connectivity index (χ3v) is 2.44. The van der Waals surface area contributed by atoms with Gasteiger partial charge in [0, 0.05) is 11.9 Å². The lowest BCUT2D eigenvalue weighted by Gasteiger charge is -2.04. The Morgan fingerprint density at radius 1 is 1.40 bits per heavy atom. The van der Waals surface area contributed by atoms with Crippen molar-refractivity contribution in [3.05, 3.63) is 40.3 Å². The molecule has 0 radical (unpaired) electrons. The predicted molar refractivity (Wildman–Crippen MR) is 61.0 cm³/mol. The number of hydrogen-bond acceptors (Lipinski definition) is 2. The molecule has 0 bridgehead atoms. The summed E-state index contributed by atoms with van der Waals surface area (Å²) < 4.78 is 1.53. The Balaban J connectivity index is 2.69. The highest BCUT2D eigenvalue weighted by atomic mass is 16.1. The summed E-state index contributed by atoms with van der Waals surface area (Å²) >= 11 is 0. The number of rotatable bonds is 2. The van der Waals surface area contributed by atoms with E-state index in [4.69, 9.17) is 0 Å². The van der Waals surface area contributed by atoms with Crippen LogP contribution < -0.4 is 5.56 Å².